The average Bonchev–Trinajstić information content (AvgIpc) is 3.56. The van der Waals surface area contributed by atoms with Crippen molar-refractivity contribution < 1.29 is 13.5 Å². The van der Waals surface area contributed by atoms with Crippen LogP contribution in [-0.2, 0) is 28.4 Å². The van der Waals surface area contributed by atoms with Crippen molar-refractivity contribution in [3.8, 4) is 5.75 Å². The molecule has 0 spiro atoms. The molecule has 1 heterocycles. The summed E-state index contributed by atoms with van der Waals surface area (Å²) < 4.78 is 23.0. The fraction of sp³-hybridized carbons (Fsp3) is 0.500. The Hall–Kier alpha value is -1.97. The predicted octanol–water partition coefficient (Wildman–Crippen LogP) is 1.43. The summed E-state index contributed by atoms with van der Waals surface area (Å²) in [6.45, 7) is 2.86. The molecule has 32 heavy (non-hydrogen) atoms. The molecule has 2 aromatic rings. The van der Waals surface area contributed by atoms with Crippen LogP contribution in [0.5, 0.6) is 5.75 Å². The summed E-state index contributed by atoms with van der Waals surface area (Å²) in [5.74, 6) is 1.08. The third-order valence-corrected chi connectivity index (χ3v) is 8.39. The molecular weight excluding hydrogens is 424 g/mol. The van der Waals surface area contributed by atoms with Crippen molar-refractivity contribution in [2.75, 3.05) is 19.6 Å². The van der Waals surface area contributed by atoms with E-state index in [0.717, 1.165) is 55.9 Å². The summed E-state index contributed by atoms with van der Waals surface area (Å²) in [5.41, 5.74) is 9.93. The second-order valence-electron chi connectivity index (χ2n) is 9.71. The highest BCUT2D eigenvalue weighted by atomic mass is 32.2. The van der Waals surface area contributed by atoms with Crippen LogP contribution in [0.4, 0.5) is 0 Å². The van der Waals surface area contributed by atoms with Crippen LogP contribution >= 0.6 is 0 Å². The van der Waals surface area contributed by atoms with E-state index in [1.165, 1.54) is 18.4 Å². The molecule has 2 aliphatic carbocycles. The Morgan fingerprint density at radius 1 is 1.16 bits per heavy atom. The molecule has 5 rings (SSSR count). The molecule has 2 fully saturated rings. The molecule has 0 amide bonds. The first-order chi connectivity index (χ1) is 15.2. The number of nitrogens with one attached hydrogen (secondary N) is 1. The Morgan fingerprint density at radius 2 is 1.91 bits per heavy atom. The van der Waals surface area contributed by atoms with E-state index in [2.05, 4.69) is 10.2 Å². The Kier molecular flexibility index (Phi) is 5.54. The molecule has 172 valence electrons. The quantitative estimate of drug-likeness (QED) is 0.500. The number of piperidine rings is 1. The Morgan fingerprint density at radius 3 is 2.59 bits per heavy atom. The molecule has 1 saturated carbocycles. The van der Waals surface area contributed by atoms with Gasteiger partial charge in [0.1, 0.15) is 5.75 Å². The molecule has 2 aromatic carbocycles. The van der Waals surface area contributed by atoms with E-state index >= 15 is 0 Å². The van der Waals surface area contributed by atoms with E-state index in [4.69, 9.17) is 10.9 Å². The second kappa shape index (κ2) is 8.11. The number of likely N-dealkylation sites (tertiary alicyclic amines) is 1. The topological polar surface area (TPSA) is 122 Å². The lowest BCUT2D eigenvalue weighted by Gasteiger charge is -2.55. The molecule has 8 heteroatoms. The molecule has 3 atom stereocenters. The van der Waals surface area contributed by atoms with E-state index in [0.29, 0.717) is 6.04 Å². The van der Waals surface area contributed by atoms with Gasteiger partial charge >= 0.3 is 0 Å². The summed E-state index contributed by atoms with van der Waals surface area (Å²) in [6, 6.07) is 12.8. The maximum Gasteiger partial charge on any atom is 0.238 e. The monoisotopic (exact) mass is 456 g/mol. The maximum atomic E-state index is 11.5. The van der Waals surface area contributed by atoms with Crippen molar-refractivity contribution in [3.63, 3.8) is 0 Å². The minimum absolute atomic E-state index is 0.0907. The minimum atomic E-state index is -3.68. The number of hydrogen-bond donors (Lipinski definition) is 4. The van der Waals surface area contributed by atoms with Crippen LogP contribution < -0.4 is 16.2 Å². The molecular formula is C24H32N4O3S. The van der Waals surface area contributed by atoms with Gasteiger partial charge in [-0.1, -0.05) is 18.2 Å². The maximum absolute atomic E-state index is 11.5. The fourth-order valence-corrected chi connectivity index (χ4v) is 6.06. The number of phenols is 1. The van der Waals surface area contributed by atoms with Crippen LogP contribution in [0, 0.1) is 5.92 Å². The summed E-state index contributed by atoms with van der Waals surface area (Å²) >= 11 is 0. The van der Waals surface area contributed by atoms with Crippen LogP contribution in [0.15, 0.2) is 47.4 Å². The Bertz CT molecular complexity index is 1100. The summed E-state index contributed by atoms with van der Waals surface area (Å²) in [7, 11) is -3.68. The van der Waals surface area contributed by atoms with E-state index < -0.39 is 15.6 Å². The van der Waals surface area contributed by atoms with Crippen LogP contribution in [0.3, 0.4) is 0 Å². The van der Waals surface area contributed by atoms with Crippen LogP contribution in [0.25, 0.3) is 0 Å². The molecule has 0 unspecified atom stereocenters. The molecule has 1 aliphatic heterocycles. The van der Waals surface area contributed by atoms with Gasteiger partial charge in [0, 0.05) is 25.2 Å². The van der Waals surface area contributed by atoms with E-state index in [9.17, 15) is 13.5 Å². The predicted molar refractivity (Wildman–Crippen MR) is 124 cm³/mol. The highest BCUT2D eigenvalue weighted by molar-refractivity contribution is 7.89. The zero-order valence-electron chi connectivity index (χ0n) is 18.2. The lowest BCUT2D eigenvalue weighted by Crippen LogP contribution is -2.71. The van der Waals surface area contributed by atoms with E-state index in [1.807, 2.05) is 24.3 Å². The Labute approximate surface area is 189 Å². The Balaban J connectivity index is 1.35. The number of nitrogens with zero attached hydrogens (tertiary/aromatic N) is 1. The normalized spacial score (nSPS) is 27.8. The van der Waals surface area contributed by atoms with E-state index in [1.54, 1.807) is 18.2 Å². The molecule has 6 N–H and O–H groups in total. The van der Waals surface area contributed by atoms with Crippen molar-refractivity contribution in [2.45, 2.75) is 54.6 Å². The van der Waals surface area contributed by atoms with Crippen molar-refractivity contribution in [1.29, 1.82) is 0 Å². The van der Waals surface area contributed by atoms with Crippen molar-refractivity contribution in [2.24, 2.45) is 16.8 Å². The second-order valence-corrected chi connectivity index (χ2v) is 11.3. The zero-order valence-corrected chi connectivity index (χ0v) is 19.0. The number of aromatic hydroxyl groups is 1. The first-order valence-electron chi connectivity index (χ1n) is 11.4. The minimum Gasteiger partial charge on any atom is -0.508 e. The summed E-state index contributed by atoms with van der Waals surface area (Å²) in [6.07, 6.45) is 5.21. The lowest BCUT2D eigenvalue weighted by molar-refractivity contribution is 0.0378. The number of hydrogen-bond acceptors (Lipinski definition) is 6. The molecule has 3 aliphatic rings. The number of benzene rings is 2. The molecule has 0 radical (unpaired) electrons. The average molecular weight is 457 g/mol. The van der Waals surface area contributed by atoms with Gasteiger partial charge in [-0.3, -0.25) is 4.90 Å². The van der Waals surface area contributed by atoms with Crippen LogP contribution in [0.1, 0.15) is 36.0 Å². The standard InChI is InChI=1S/C24H32N4O3S/c25-24-10-12-28(15-17-1-2-17)22(13-18-5-6-19(29)14-21(18)24)23(24)27-11-9-16-3-7-20(8-4-16)32(26,30)31/h3-8,14,17,22-23,27,29H,1-2,9-13,15,25H2,(H2,26,30,31)/t22-,23+,24+/m1/s1. The van der Waals surface area contributed by atoms with Gasteiger partial charge in [-0.15, -0.1) is 0 Å². The molecule has 0 aromatic heterocycles. The smallest absolute Gasteiger partial charge is 0.238 e. The summed E-state index contributed by atoms with van der Waals surface area (Å²) in [4.78, 5) is 2.75. The third kappa shape index (κ3) is 4.18. The number of primary sulfonamides is 1. The highest BCUT2D eigenvalue weighted by Crippen LogP contribution is 2.44. The van der Waals surface area contributed by atoms with Crippen LogP contribution in [0.2, 0.25) is 0 Å². The first kappa shape index (κ1) is 21.9. The number of fused-ring (bicyclic) bond motifs is 4. The van der Waals surface area contributed by atoms with Gasteiger partial charge in [-0.25, -0.2) is 13.6 Å². The number of sulfonamides is 1. The van der Waals surface area contributed by atoms with E-state index in [-0.39, 0.29) is 16.7 Å². The number of phenolic OH excluding ortho intramolecular Hbond substituents is 1. The SMILES string of the molecule is N[C@@]12CCN(CC3CC3)[C@H](Cc3ccc(O)cc31)[C@@H]2NCCc1ccc(S(N)(=O)=O)cc1. The van der Waals surface area contributed by atoms with Gasteiger partial charge in [-0.05, 0) is 85.5 Å². The summed E-state index contributed by atoms with van der Waals surface area (Å²) in [5, 5.41) is 19.1. The van der Waals surface area contributed by atoms with Gasteiger partial charge < -0.3 is 16.2 Å². The van der Waals surface area contributed by atoms with Gasteiger partial charge in [0.05, 0.1) is 10.4 Å². The molecule has 1 saturated heterocycles. The van der Waals surface area contributed by atoms with Gasteiger partial charge in [0.15, 0.2) is 0 Å². The van der Waals surface area contributed by atoms with Crippen molar-refractivity contribution in [1.82, 2.24) is 10.2 Å². The highest BCUT2D eigenvalue weighted by Gasteiger charge is 2.51. The zero-order chi connectivity index (χ0) is 22.5. The van der Waals surface area contributed by atoms with Gasteiger partial charge in [-0.2, -0.15) is 0 Å². The fourth-order valence-electron chi connectivity index (χ4n) is 5.55. The van der Waals surface area contributed by atoms with Gasteiger partial charge in [0.2, 0.25) is 10.0 Å². The largest absolute Gasteiger partial charge is 0.508 e. The molecule has 2 bridgehead atoms. The lowest BCUT2D eigenvalue weighted by atomic mass is 9.66. The van der Waals surface area contributed by atoms with Crippen molar-refractivity contribution in [3.05, 3.63) is 59.2 Å². The van der Waals surface area contributed by atoms with Gasteiger partial charge in [0.25, 0.3) is 0 Å². The first-order valence-corrected chi connectivity index (χ1v) is 13.0. The number of nitrogens with two attached hydrogens (primary N) is 2. The van der Waals surface area contributed by atoms with Crippen molar-refractivity contribution >= 4 is 10.0 Å². The third-order valence-electron chi connectivity index (χ3n) is 7.46. The number of rotatable bonds is 7. The molecule has 7 nitrogen and oxygen atoms in total. The van der Waals surface area contributed by atoms with Crippen LogP contribution in [-0.4, -0.2) is 50.1 Å².